The van der Waals surface area contributed by atoms with E-state index in [1.807, 2.05) is 6.92 Å². The summed E-state index contributed by atoms with van der Waals surface area (Å²) in [5, 5.41) is 10.2. The van der Waals surface area contributed by atoms with Crippen LogP contribution < -0.4 is 5.56 Å². The van der Waals surface area contributed by atoms with Crippen molar-refractivity contribution in [3.8, 4) is 0 Å². The quantitative estimate of drug-likeness (QED) is 0.885. The van der Waals surface area contributed by atoms with Gasteiger partial charge in [0.1, 0.15) is 0 Å². The first-order valence-electron chi connectivity index (χ1n) is 6.02. The van der Waals surface area contributed by atoms with E-state index in [0.717, 1.165) is 6.42 Å². The van der Waals surface area contributed by atoms with Crippen molar-refractivity contribution in [2.24, 2.45) is 7.05 Å². The van der Waals surface area contributed by atoms with Crippen LogP contribution in [0.25, 0.3) is 0 Å². The normalized spacial score (nSPS) is 10.9. The Morgan fingerprint density at radius 2 is 2.21 bits per heavy atom. The highest BCUT2D eigenvalue weighted by Gasteiger charge is 2.12. The van der Waals surface area contributed by atoms with Crippen LogP contribution >= 0.6 is 11.8 Å². The lowest BCUT2D eigenvalue weighted by Gasteiger charge is -2.06. The molecule has 0 fully saturated rings. The second-order valence-electron chi connectivity index (χ2n) is 4.08. The maximum absolute atomic E-state index is 12.1. The van der Waals surface area contributed by atoms with Crippen LogP contribution in [0.3, 0.4) is 0 Å². The van der Waals surface area contributed by atoms with Crippen LogP contribution in [0.2, 0.25) is 0 Å². The van der Waals surface area contributed by atoms with E-state index in [-0.39, 0.29) is 12.2 Å². The number of hydrogen-bond acceptors (Lipinski definition) is 5. The van der Waals surface area contributed by atoms with E-state index in [0.29, 0.717) is 22.4 Å². The van der Waals surface area contributed by atoms with E-state index in [9.17, 15) is 4.79 Å². The van der Waals surface area contributed by atoms with Gasteiger partial charge in [-0.2, -0.15) is 0 Å². The van der Waals surface area contributed by atoms with Crippen LogP contribution in [0.1, 0.15) is 19.0 Å². The Hall–Kier alpha value is -1.60. The average molecular weight is 280 g/mol. The minimum absolute atomic E-state index is 0.0770. The van der Waals surface area contributed by atoms with Gasteiger partial charge in [-0.25, -0.2) is 9.97 Å². The molecule has 0 bridgehead atoms. The highest BCUT2D eigenvalue weighted by atomic mass is 32.2. The molecule has 0 aliphatic heterocycles. The molecule has 0 aromatic carbocycles. The smallest absolute Gasteiger partial charge is 0.283 e. The Bertz CT molecular complexity index is 620. The molecule has 0 aliphatic carbocycles. The molecule has 2 aromatic rings. The number of nitrogens with zero attached hydrogens (tertiary/aromatic N) is 4. The lowest BCUT2D eigenvalue weighted by Crippen LogP contribution is -2.21. The van der Waals surface area contributed by atoms with Crippen LogP contribution in [0.4, 0.5) is 0 Å². The SMILES string of the molecule is CCCn1ccnc(Sc2ncc(CO)n2C)c1=O. The molecule has 2 heterocycles. The van der Waals surface area contributed by atoms with Crippen molar-refractivity contribution in [3.05, 3.63) is 34.6 Å². The average Bonchev–Trinajstić information content (AvgIpc) is 2.75. The van der Waals surface area contributed by atoms with Crippen LogP contribution in [0.5, 0.6) is 0 Å². The van der Waals surface area contributed by atoms with Gasteiger partial charge in [-0.05, 0) is 18.2 Å². The zero-order chi connectivity index (χ0) is 13.8. The van der Waals surface area contributed by atoms with E-state index in [2.05, 4.69) is 9.97 Å². The lowest BCUT2D eigenvalue weighted by atomic mass is 10.5. The minimum atomic E-state index is -0.108. The molecule has 0 saturated heterocycles. The lowest BCUT2D eigenvalue weighted by molar-refractivity contribution is 0.271. The number of rotatable bonds is 5. The van der Waals surface area contributed by atoms with Crippen LogP contribution in [0.15, 0.2) is 33.6 Å². The van der Waals surface area contributed by atoms with Gasteiger partial charge < -0.3 is 14.2 Å². The first-order chi connectivity index (χ1) is 9.17. The number of aliphatic hydroxyl groups excluding tert-OH is 1. The first kappa shape index (κ1) is 13.8. The molecule has 0 amide bonds. The molecule has 2 aromatic heterocycles. The number of hydrogen-bond donors (Lipinski definition) is 1. The Labute approximate surface area is 115 Å². The van der Waals surface area contributed by atoms with Gasteiger partial charge in [0.2, 0.25) is 0 Å². The maximum Gasteiger partial charge on any atom is 0.283 e. The largest absolute Gasteiger partial charge is 0.390 e. The Morgan fingerprint density at radius 1 is 1.42 bits per heavy atom. The van der Waals surface area contributed by atoms with Crippen molar-refractivity contribution in [1.82, 2.24) is 19.1 Å². The Balaban J connectivity index is 2.30. The summed E-state index contributed by atoms with van der Waals surface area (Å²) in [4.78, 5) is 20.4. The van der Waals surface area contributed by atoms with Crippen LogP contribution in [-0.2, 0) is 20.2 Å². The predicted octanol–water partition coefficient (Wildman–Crippen LogP) is 1.03. The van der Waals surface area contributed by atoms with E-state index < -0.39 is 0 Å². The summed E-state index contributed by atoms with van der Waals surface area (Å²) in [5.41, 5.74) is 0.593. The number of aliphatic hydroxyl groups is 1. The molecule has 2 rings (SSSR count). The van der Waals surface area contributed by atoms with Crippen molar-refractivity contribution in [2.45, 2.75) is 36.7 Å². The third kappa shape index (κ3) is 2.87. The predicted molar refractivity (Wildman–Crippen MR) is 72.0 cm³/mol. The van der Waals surface area contributed by atoms with Crippen LogP contribution in [0, 0.1) is 0 Å². The molecule has 102 valence electrons. The summed E-state index contributed by atoms with van der Waals surface area (Å²) in [6.07, 6.45) is 5.80. The van der Waals surface area contributed by atoms with E-state index in [4.69, 9.17) is 5.11 Å². The monoisotopic (exact) mass is 280 g/mol. The third-order valence-electron chi connectivity index (χ3n) is 2.74. The minimum Gasteiger partial charge on any atom is -0.390 e. The van der Waals surface area contributed by atoms with Crippen LogP contribution in [-0.4, -0.2) is 24.2 Å². The zero-order valence-corrected chi connectivity index (χ0v) is 11.7. The molecule has 6 nitrogen and oxygen atoms in total. The maximum atomic E-state index is 12.1. The van der Waals surface area contributed by atoms with Crippen molar-refractivity contribution in [1.29, 1.82) is 0 Å². The van der Waals surface area contributed by atoms with Gasteiger partial charge in [-0.1, -0.05) is 6.92 Å². The molecular formula is C12H16N4O2S. The van der Waals surface area contributed by atoms with E-state index in [1.165, 1.54) is 11.8 Å². The first-order valence-corrected chi connectivity index (χ1v) is 6.83. The Morgan fingerprint density at radius 3 is 2.84 bits per heavy atom. The van der Waals surface area contributed by atoms with Gasteiger partial charge in [0.25, 0.3) is 5.56 Å². The highest BCUT2D eigenvalue weighted by Crippen LogP contribution is 2.22. The van der Waals surface area contributed by atoms with Gasteiger partial charge in [0.15, 0.2) is 10.2 Å². The van der Waals surface area contributed by atoms with E-state index >= 15 is 0 Å². The summed E-state index contributed by atoms with van der Waals surface area (Å²) in [5.74, 6) is 0. The molecule has 1 N–H and O–H groups in total. The fourth-order valence-corrected chi connectivity index (χ4v) is 2.52. The highest BCUT2D eigenvalue weighted by molar-refractivity contribution is 7.99. The molecule has 0 atom stereocenters. The van der Waals surface area contributed by atoms with Gasteiger partial charge in [0, 0.05) is 26.0 Å². The fourth-order valence-electron chi connectivity index (χ4n) is 1.67. The summed E-state index contributed by atoms with van der Waals surface area (Å²) in [6, 6.07) is 0. The summed E-state index contributed by atoms with van der Waals surface area (Å²) in [6.45, 7) is 2.62. The number of aromatic nitrogens is 4. The zero-order valence-electron chi connectivity index (χ0n) is 10.9. The van der Waals surface area contributed by atoms with E-state index in [1.54, 1.807) is 34.8 Å². The Kier molecular flexibility index (Phi) is 4.39. The molecule has 7 heteroatoms. The second kappa shape index (κ2) is 6.03. The van der Waals surface area contributed by atoms with Gasteiger partial charge in [-0.3, -0.25) is 4.79 Å². The van der Waals surface area contributed by atoms with Gasteiger partial charge in [-0.15, -0.1) is 0 Å². The summed E-state index contributed by atoms with van der Waals surface area (Å²) < 4.78 is 3.40. The topological polar surface area (TPSA) is 72.9 Å². The summed E-state index contributed by atoms with van der Waals surface area (Å²) in [7, 11) is 1.80. The standard InChI is InChI=1S/C12H16N4O2S/c1-3-5-16-6-4-13-10(11(16)18)19-12-14-7-9(8-17)15(12)2/h4,6-7,17H,3,5,8H2,1-2H3. The second-order valence-corrected chi connectivity index (χ2v) is 5.04. The van der Waals surface area contributed by atoms with Crippen molar-refractivity contribution >= 4 is 11.8 Å². The molecule has 0 radical (unpaired) electrons. The molecule has 0 aliphatic rings. The van der Waals surface area contributed by atoms with Crippen molar-refractivity contribution in [2.75, 3.05) is 0 Å². The molecule has 0 saturated carbocycles. The third-order valence-corrected chi connectivity index (χ3v) is 3.77. The number of aryl methyl sites for hydroxylation is 1. The van der Waals surface area contributed by atoms with Gasteiger partial charge in [0.05, 0.1) is 18.5 Å². The van der Waals surface area contributed by atoms with Crippen molar-refractivity contribution in [3.63, 3.8) is 0 Å². The molecule has 0 unspecified atom stereocenters. The summed E-state index contributed by atoms with van der Waals surface area (Å²) >= 11 is 1.21. The van der Waals surface area contributed by atoms with Crippen molar-refractivity contribution < 1.29 is 5.11 Å². The van der Waals surface area contributed by atoms with Gasteiger partial charge >= 0.3 is 0 Å². The fraction of sp³-hybridized carbons (Fsp3) is 0.417. The molecule has 19 heavy (non-hydrogen) atoms. The molecule has 0 spiro atoms. The molecular weight excluding hydrogens is 264 g/mol. The number of imidazole rings is 1.